The van der Waals surface area contributed by atoms with Gasteiger partial charge in [-0.15, -0.1) is 13.2 Å². The SMILES string of the molecule is C=C.CCCCCCCC.CCCCCCCCC.CCCCCCCCCC.[SiH3][SiH]([SiH3])[SiH]([SiH3])[SiH3]. The first kappa shape index (κ1) is 45.9. The zero-order valence-corrected chi connectivity index (χ0v) is 37.7. The van der Waals surface area contributed by atoms with E-state index in [1.54, 1.807) is 39.0 Å². The second kappa shape index (κ2) is 51.6. The van der Waals surface area contributed by atoms with Gasteiger partial charge < -0.3 is 0 Å². The summed E-state index contributed by atoms with van der Waals surface area (Å²) >= 11 is 0. The van der Waals surface area contributed by atoms with E-state index in [0.717, 1.165) is 0 Å². The molecular weight excluding hydrogens is 517 g/mol. The highest BCUT2D eigenvalue weighted by atomic mass is 30.1. The molecule has 6 heteroatoms. The van der Waals surface area contributed by atoms with Gasteiger partial charge in [-0.1, -0.05) is 176 Å². The summed E-state index contributed by atoms with van der Waals surface area (Å²) in [6.07, 6.45) is 29.9. The molecule has 0 atom stereocenters. The summed E-state index contributed by atoms with van der Waals surface area (Å²) in [5.74, 6) is 0. The smallest absolute Gasteiger partial charge is 0.00758 e. The van der Waals surface area contributed by atoms with E-state index in [1.807, 2.05) is 0 Å². The molecule has 0 heterocycles. The van der Waals surface area contributed by atoms with Gasteiger partial charge in [0, 0.05) is 0 Å². The maximum Gasteiger partial charge on any atom is -0.00758 e. The van der Waals surface area contributed by atoms with Crippen molar-refractivity contribution in [2.24, 2.45) is 0 Å². The van der Waals surface area contributed by atoms with E-state index < -0.39 is 0 Å². The maximum atomic E-state index is 3.00. The molecule has 0 aromatic rings. The van der Waals surface area contributed by atoms with Crippen molar-refractivity contribution in [2.45, 2.75) is 176 Å². The van der Waals surface area contributed by atoms with Crippen LogP contribution in [0.1, 0.15) is 176 Å². The lowest BCUT2D eigenvalue weighted by molar-refractivity contribution is 0.585. The van der Waals surface area contributed by atoms with Crippen LogP contribution in [0.5, 0.6) is 0 Å². The minimum atomic E-state index is 0.296. The first-order valence-corrected chi connectivity index (χ1v) is 37.5. The van der Waals surface area contributed by atoms with E-state index >= 15 is 0 Å². The van der Waals surface area contributed by atoms with Gasteiger partial charge in [-0.2, -0.15) is 0 Å². The van der Waals surface area contributed by atoms with E-state index in [2.05, 4.69) is 54.7 Å². The molecule has 35 heavy (non-hydrogen) atoms. The molecule has 0 bridgehead atoms. The zero-order valence-electron chi connectivity index (χ0n) is 27.4. The summed E-state index contributed by atoms with van der Waals surface area (Å²) in [7, 11) is 7.33. The number of unbranched alkanes of at least 4 members (excludes halogenated alkanes) is 18. The Hall–Kier alpha value is 1.04. The van der Waals surface area contributed by atoms with Crippen LogP contribution >= 0.6 is 0 Å². The topological polar surface area (TPSA) is 0 Å². The van der Waals surface area contributed by atoms with Crippen molar-refractivity contribution in [3.8, 4) is 0 Å². The van der Waals surface area contributed by atoms with Crippen LogP contribution in [0.2, 0.25) is 0 Å². The molecule has 218 valence electrons. The first-order chi connectivity index (χ1) is 16.9. The van der Waals surface area contributed by atoms with Crippen molar-refractivity contribution >= 4 is 53.7 Å². The van der Waals surface area contributed by atoms with Gasteiger partial charge in [-0.3, -0.25) is 0 Å². The van der Waals surface area contributed by atoms with Gasteiger partial charge in [0.25, 0.3) is 0 Å². The Balaban J connectivity index is -0.000000113. The van der Waals surface area contributed by atoms with Crippen LogP contribution in [0.15, 0.2) is 13.2 Å². The van der Waals surface area contributed by atoms with Crippen LogP contribution in [0.25, 0.3) is 0 Å². The van der Waals surface area contributed by atoms with Crippen molar-refractivity contribution in [3.63, 3.8) is 0 Å². The highest BCUT2D eigenvalue weighted by Crippen LogP contribution is 2.07. The summed E-state index contributed by atoms with van der Waals surface area (Å²) < 4.78 is 0. The highest BCUT2D eigenvalue weighted by molar-refractivity contribution is 7.76. The lowest BCUT2D eigenvalue weighted by Crippen LogP contribution is -2.38. The van der Waals surface area contributed by atoms with E-state index in [1.165, 1.54) is 135 Å². The number of hydrogen-bond donors (Lipinski definition) is 0. The van der Waals surface area contributed by atoms with Crippen molar-refractivity contribution in [2.75, 3.05) is 0 Å². The molecule has 0 unspecified atom stereocenters. The quantitative estimate of drug-likeness (QED) is 0.0971. The fraction of sp³-hybridized carbons (Fsp3) is 0.931. The summed E-state index contributed by atoms with van der Waals surface area (Å²) in [5, 5.41) is 0. The summed E-state index contributed by atoms with van der Waals surface area (Å²) in [4.78, 5) is 0. The number of hydrogen-bond acceptors (Lipinski definition) is 0. The van der Waals surface area contributed by atoms with Crippen LogP contribution in [0, 0.1) is 0 Å². The molecule has 0 nitrogen and oxygen atoms in total. The Labute approximate surface area is 242 Å². The summed E-state index contributed by atoms with van der Waals surface area (Å²) in [6.45, 7) is 19.6. The average molecular weight is 595 g/mol. The predicted molar refractivity (Wildman–Crippen MR) is 196 cm³/mol. The van der Waals surface area contributed by atoms with Crippen molar-refractivity contribution in [3.05, 3.63) is 13.2 Å². The molecule has 0 N–H and O–H groups in total. The van der Waals surface area contributed by atoms with Crippen molar-refractivity contribution < 1.29 is 0 Å². The minimum Gasteiger partial charge on any atom is -0.106 e. The van der Waals surface area contributed by atoms with Crippen LogP contribution in [0.3, 0.4) is 0 Å². The van der Waals surface area contributed by atoms with Crippen LogP contribution in [-0.4, -0.2) is 53.7 Å². The van der Waals surface area contributed by atoms with Gasteiger partial charge in [0.1, 0.15) is 0 Å². The second-order valence-corrected chi connectivity index (χ2v) is 75.5. The molecule has 0 fully saturated rings. The van der Waals surface area contributed by atoms with E-state index in [-0.39, 0.29) is 0 Å². The predicted octanol–water partition coefficient (Wildman–Crippen LogP) is 6.04. The number of rotatable bonds is 19. The van der Waals surface area contributed by atoms with E-state index in [0.29, 0.717) is 14.7 Å². The first-order valence-electron chi connectivity index (χ1n) is 16.4. The molecule has 0 radical (unpaired) electrons. The summed E-state index contributed by atoms with van der Waals surface area (Å²) in [6, 6.07) is 0. The molecule has 0 spiro atoms. The lowest BCUT2D eigenvalue weighted by atomic mass is 10.1. The lowest BCUT2D eigenvalue weighted by Gasteiger charge is -2.01. The normalized spacial score (nSPS) is 11.6. The third-order valence-corrected chi connectivity index (χ3v) is 113. The highest BCUT2D eigenvalue weighted by Gasteiger charge is 1.99. The molecular formula is C29H78Si6. The average Bonchev–Trinajstić information content (AvgIpc) is 2.86. The molecule has 0 saturated heterocycles. The molecule has 0 aliphatic rings. The zero-order chi connectivity index (χ0) is 28.0. The van der Waals surface area contributed by atoms with Gasteiger partial charge >= 0.3 is 0 Å². The molecule has 0 aromatic carbocycles. The van der Waals surface area contributed by atoms with Crippen LogP contribution < -0.4 is 0 Å². The summed E-state index contributed by atoms with van der Waals surface area (Å²) in [5.41, 5.74) is 0. The molecule has 0 rings (SSSR count). The fourth-order valence-electron chi connectivity index (χ4n) is 3.09. The Bertz CT molecular complexity index is 262. The third kappa shape index (κ3) is 72.1. The molecule has 0 aromatic heterocycles. The van der Waals surface area contributed by atoms with Gasteiger partial charge in [-0.05, 0) is 53.7 Å². The molecule has 0 saturated carbocycles. The van der Waals surface area contributed by atoms with Crippen molar-refractivity contribution in [1.82, 2.24) is 0 Å². The Morgan fingerprint density at radius 1 is 0.314 bits per heavy atom. The minimum absolute atomic E-state index is 0.296. The molecule has 0 aliphatic carbocycles. The van der Waals surface area contributed by atoms with E-state index in [9.17, 15) is 0 Å². The van der Waals surface area contributed by atoms with Gasteiger partial charge in [-0.25, -0.2) is 0 Å². The fourth-order valence-corrected chi connectivity index (χ4v) is 3.09. The maximum absolute atomic E-state index is 3.00. The largest absolute Gasteiger partial charge is 0.106 e. The monoisotopic (exact) mass is 594 g/mol. The van der Waals surface area contributed by atoms with Gasteiger partial charge in [0.2, 0.25) is 0 Å². The Morgan fingerprint density at radius 3 is 0.514 bits per heavy atom. The van der Waals surface area contributed by atoms with Gasteiger partial charge in [0.15, 0.2) is 0 Å². The Morgan fingerprint density at radius 2 is 0.429 bits per heavy atom. The third-order valence-electron chi connectivity index (χ3n) is 6.45. The van der Waals surface area contributed by atoms with Crippen LogP contribution in [-0.2, 0) is 0 Å². The second-order valence-electron chi connectivity index (χ2n) is 10.8. The molecule has 0 aliphatic heterocycles. The van der Waals surface area contributed by atoms with Gasteiger partial charge in [0.05, 0.1) is 0 Å². The van der Waals surface area contributed by atoms with Crippen molar-refractivity contribution in [1.29, 1.82) is 0 Å². The molecule has 0 amide bonds. The Kier molecular flexibility index (Phi) is 67.8. The van der Waals surface area contributed by atoms with Crippen LogP contribution in [0.4, 0.5) is 0 Å². The standard InChI is InChI=1S/C10H22.C9H20.C8H18.C2H4.H14Si6/c1-3-5-7-9-10-8-6-4-2;1-3-5-7-9-8-6-4-2;1-3-5-7-8-6-4-2;1-2;1-5(2)6(3)4/h3-10H2,1-2H3;3-9H2,1-2H3;3-8H2,1-2H3;1-2H2;5-6H,1-4H3. The van der Waals surface area contributed by atoms with E-state index in [4.69, 9.17) is 0 Å².